The van der Waals surface area contributed by atoms with Crippen LogP contribution in [0.25, 0.3) is 0 Å². The Balaban J connectivity index is 1.68. The average Bonchev–Trinajstić information content (AvgIpc) is 3.50. The average molecular weight is 439 g/mol. The van der Waals surface area contributed by atoms with Crippen molar-refractivity contribution in [2.75, 3.05) is 13.1 Å². The molecule has 0 amide bonds. The SMILES string of the molecule is OC(CN(CC1CC1)C1CCC(C(O)(C(F)(F)F)C(F)(F)F)CC1)c1ccccc1. The minimum atomic E-state index is -5.78. The van der Waals surface area contributed by atoms with Gasteiger partial charge in [0.15, 0.2) is 0 Å². The van der Waals surface area contributed by atoms with Crippen molar-refractivity contribution in [3.05, 3.63) is 35.9 Å². The van der Waals surface area contributed by atoms with Crippen molar-refractivity contribution in [3.8, 4) is 0 Å². The van der Waals surface area contributed by atoms with Crippen LogP contribution < -0.4 is 0 Å². The van der Waals surface area contributed by atoms with Crippen LogP contribution >= 0.6 is 0 Å². The molecule has 1 aromatic carbocycles. The molecule has 0 aliphatic heterocycles. The monoisotopic (exact) mass is 439 g/mol. The van der Waals surface area contributed by atoms with E-state index >= 15 is 0 Å². The van der Waals surface area contributed by atoms with E-state index in [9.17, 15) is 36.6 Å². The van der Waals surface area contributed by atoms with Gasteiger partial charge < -0.3 is 10.2 Å². The molecule has 0 heterocycles. The fourth-order valence-corrected chi connectivity index (χ4v) is 4.49. The van der Waals surface area contributed by atoms with Gasteiger partial charge >= 0.3 is 12.4 Å². The minimum Gasteiger partial charge on any atom is -0.387 e. The Kier molecular flexibility index (Phi) is 6.74. The third-order valence-corrected chi connectivity index (χ3v) is 6.45. The number of nitrogens with zero attached hydrogens (tertiary/aromatic N) is 1. The molecule has 3 rings (SSSR count). The standard InChI is InChI=1S/C21H27F6NO2/c22-20(23,24)19(30,21(25,26)27)16-8-10-17(11-9-16)28(12-14-6-7-14)13-18(29)15-4-2-1-3-5-15/h1-5,14,16-18,29-30H,6-13H2. The number of aliphatic hydroxyl groups excluding tert-OH is 1. The summed E-state index contributed by atoms with van der Waals surface area (Å²) in [6.07, 6.45) is -10.8. The first-order chi connectivity index (χ1) is 13.9. The molecule has 0 bridgehead atoms. The Bertz CT molecular complexity index is 667. The maximum absolute atomic E-state index is 13.2. The molecule has 0 saturated heterocycles. The van der Waals surface area contributed by atoms with Crippen LogP contribution in [0.3, 0.4) is 0 Å². The summed E-state index contributed by atoms with van der Waals surface area (Å²) < 4.78 is 79.0. The Labute approximate surface area is 171 Å². The molecule has 2 N–H and O–H groups in total. The summed E-state index contributed by atoms with van der Waals surface area (Å²) in [7, 11) is 0. The van der Waals surface area contributed by atoms with Crippen molar-refractivity contribution < 1.29 is 36.6 Å². The van der Waals surface area contributed by atoms with Crippen molar-refractivity contribution in [2.45, 2.75) is 68.6 Å². The van der Waals surface area contributed by atoms with Crippen LogP contribution in [-0.4, -0.2) is 52.2 Å². The quantitative estimate of drug-likeness (QED) is 0.598. The lowest BCUT2D eigenvalue weighted by molar-refractivity contribution is -0.387. The van der Waals surface area contributed by atoms with Gasteiger partial charge in [-0.2, -0.15) is 26.3 Å². The normalized spacial score (nSPS) is 24.8. The van der Waals surface area contributed by atoms with E-state index in [1.165, 1.54) is 0 Å². The van der Waals surface area contributed by atoms with Crippen molar-refractivity contribution in [3.63, 3.8) is 0 Å². The molecule has 2 aliphatic rings. The topological polar surface area (TPSA) is 43.7 Å². The molecule has 2 fully saturated rings. The zero-order chi connectivity index (χ0) is 22.2. The van der Waals surface area contributed by atoms with Crippen LogP contribution in [0.5, 0.6) is 0 Å². The van der Waals surface area contributed by atoms with Crippen LogP contribution in [0, 0.1) is 11.8 Å². The number of benzene rings is 1. The Morgan fingerprint density at radius 1 is 0.867 bits per heavy atom. The van der Waals surface area contributed by atoms with Crippen LogP contribution in [-0.2, 0) is 0 Å². The van der Waals surface area contributed by atoms with E-state index < -0.39 is 30.0 Å². The highest BCUT2D eigenvalue weighted by Gasteiger charge is 2.73. The van der Waals surface area contributed by atoms with Gasteiger partial charge in [-0.3, -0.25) is 4.90 Å². The molecule has 1 aromatic rings. The molecule has 30 heavy (non-hydrogen) atoms. The number of hydrogen-bond acceptors (Lipinski definition) is 3. The molecule has 0 spiro atoms. The molecule has 2 aliphatic carbocycles. The zero-order valence-corrected chi connectivity index (χ0v) is 16.5. The van der Waals surface area contributed by atoms with Gasteiger partial charge in [-0.1, -0.05) is 30.3 Å². The van der Waals surface area contributed by atoms with Crippen LogP contribution in [0.15, 0.2) is 30.3 Å². The second-order valence-electron chi connectivity index (χ2n) is 8.59. The summed E-state index contributed by atoms with van der Waals surface area (Å²) in [5, 5.41) is 20.3. The second-order valence-corrected chi connectivity index (χ2v) is 8.59. The number of alkyl halides is 6. The van der Waals surface area contributed by atoms with E-state index in [4.69, 9.17) is 0 Å². The van der Waals surface area contributed by atoms with Crippen LogP contribution in [0.4, 0.5) is 26.3 Å². The number of halogens is 6. The first kappa shape index (κ1) is 23.3. The van der Waals surface area contributed by atoms with Crippen LogP contribution in [0.2, 0.25) is 0 Å². The summed E-state index contributed by atoms with van der Waals surface area (Å²) in [4.78, 5) is 2.01. The highest BCUT2D eigenvalue weighted by atomic mass is 19.4. The van der Waals surface area contributed by atoms with Gasteiger partial charge in [0.2, 0.25) is 0 Å². The van der Waals surface area contributed by atoms with Gasteiger partial charge in [-0.05, 0) is 50.0 Å². The number of hydrogen-bond donors (Lipinski definition) is 2. The maximum Gasteiger partial charge on any atom is 0.426 e. The summed E-state index contributed by atoms with van der Waals surface area (Å²) in [5.41, 5.74) is -3.97. The third kappa shape index (κ3) is 4.94. The van der Waals surface area contributed by atoms with E-state index in [-0.39, 0.29) is 38.3 Å². The summed E-state index contributed by atoms with van der Waals surface area (Å²) >= 11 is 0. The second kappa shape index (κ2) is 8.67. The molecule has 170 valence electrons. The zero-order valence-electron chi connectivity index (χ0n) is 16.5. The van der Waals surface area contributed by atoms with E-state index in [1.807, 2.05) is 11.0 Å². The number of rotatable bonds is 7. The summed E-state index contributed by atoms with van der Waals surface area (Å²) in [6, 6.07) is 8.76. The predicted molar refractivity (Wildman–Crippen MR) is 98.5 cm³/mol. The fourth-order valence-electron chi connectivity index (χ4n) is 4.49. The van der Waals surface area contributed by atoms with Gasteiger partial charge in [0.25, 0.3) is 5.60 Å². The van der Waals surface area contributed by atoms with E-state index in [1.54, 1.807) is 24.3 Å². The summed E-state index contributed by atoms with van der Waals surface area (Å²) in [6.45, 7) is 0.945. The molecule has 2 saturated carbocycles. The van der Waals surface area contributed by atoms with Gasteiger partial charge in [-0.15, -0.1) is 0 Å². The van der Waals surface area contributed by atoms with E-state index in [2.05, 4.69) is 0 Å². The molecular formula is C21H27F6NO2. The first-order valence-electron chi connectivity index (χ1n) is 10.3. The predicted octanol–water partition coefficient (Wildman–Crippen LogP) is 4.85. The smallest absolute Gasteiger partial charge is 0.387 e. The molecule has 1 unspecified atom stereocenters. The molecular weight excluding hydrogens is 412 g/mol. The first-order valence-corrected chi connectivity index (χ1v) is 10.3. The van der Waals surface area contributed by atoms with Gasteiger partial charge in [-0.25, -0.2) is 0 Å². The largest absolute Gasteiger partial charge is 0.426 e. The van der Waals surface area contributed by atoms with Gasteiger partial charge in [0.05, 0.1) is 6.10 Å². The van der Waals surface area contributed by atoms with Gasteiger partial charge in [0.1, 0.15) is 0 Å². The Morgan fingerprint density at radius 2 is 1.40 bits per heavy atom. The lowest BCUT2D eigenvalue weighted by Crippen LogP contribution is -2.62. The lowest BCUT2D eigenvalue weighted by atomic mass is 9.74. The minimum absolute atomic E-state index is 0.118. The van der Waals surface area contributed by atoms with E-state index in [0.29, 0.717) is 12.5 Å². The van der Waals surface area contributed by atoms with Crippen molar-refractivity contribution in [1.82, 2.24) is 4.90 Å². The molecule has 3 nitrogen and oxygen atoms in total. The lowest BCUT2D eigenvalue weighted by Gasteiger charge is -2.44. The highest BCUT2D eigenvalue weighted by molar-refractivity contribution is 5.17. The van der Waals surface area contributed by atoms with Crippen LogP contribution in [0.1, 0.15) is 50.2 Å². The summed E-state index contributed by atoms with van der Waals surface area (Å²) in [5.74, 6) is -1.47. The Hall–Kier alpha value is -1.32. The van der Waals surface area contributed by atoms with Crippen molar-refractivity contribution in [1.29, 1.82) is 0 Å². The molecule has 0 radical (unpaired) electrons. The van der Waals surface area contributed by atoms with Crippen molar-refractivity contribution in [2.24, 2.45) is 11.8 Å². The van der Waals surface area contributed by atoms with E-state index in [0.717, 1.165) is 18.4 Å². The third-order valence-electron chi connectivity index (χ3n) is 6.45. The molecule has 1 atom stereocenters. The molecule has 9 heteroatoms. The number of aliphatic hydroxyl groups is 2. The Morgan fingerprint density at radius 3 is 1.87 bits per heavy atom. The maximum atomic E-state index is 13.2. The fraction of sp³-hybridized carbons (Fsp3) is 0.714. The highest BCUT2D eigenvalue weighted by Crippen LogP contribution is 2.52. The molecule has 0 aromatic heterocycles. The van der Waals surface area contributed by atoms with Crippen molar-refractivity contribution >= 4 is 0 Å². The van der Waals surface area contributed by atoms with Gasteiger partial charge in [0, 0.05) is 25.0 Å².